The predicted molar refractivity (Wildman–Crippen MR) is 120 cm³/mol. The molecule has 1 aromatic heterocycles. The Labute approximate surface area is 189 Å². The first-order valence-corrected chi connectivity index (χ1v) is 10.8. The van der Waals surface area contributed by atoms with E-state index in [9.17, 15) is 18.8 Å². The highest BCUT2D eigenvalue weighted by atomic mass is 19.1. The highest BCUT2D eigenvalue weighted by molar-refractivity contribution is 5.91. The lowest BCUT2D eigenvalue weighted by Crippen LogP contribution is -2.46. The largest absolute Gasteiger partial charge is 0.376 e. The minimum Gasteiger partial charge on any atom is -0.376 e. The van der Waals surface area contributed by atoms with E-state index >= 15 is 0 Å². The lowest BCUT2D eigenvalue weighted by molar-refractivity contribution is 0.0849. The molecule has 1 fully saturated rings. The summed E-state index contributed by atoms with van der Waals surface area (Å²) in [5.41, 5.74) is 0.235. The zero-order chi connectivity index (χ0) is 23.5. The van der Waals surface area contributed by atoms with E-state index in [0.717, 1.165) is 33.7 Å². The van der Waals surface area contributed by atoms with Crippen molar-refractivity contribution in [1.82, 2.24) is 19.7 Å². The first-order valence-electron chi connectivity index (χ1n) is 10.8. The van der Waals surface area contributed by atoms with Crippen molar-refractivity contribution in [2.75, 3.05) is 13.2 Å². The topological polar surface area (TPSA) is 95.2 Å². The van der Waals surface area contributed by atoms with E-state index in [2.05, 4.69) is 10.4 Å². The van der Waals surface area contributed by atoms with Gasteiger partial charge in [-0.25, -0.2) is 9.18 Å². The number of rotatable bonds is 6. The first-order chi connectivity index (χ1) is 15.8. The Hall–Kier alpha value is -3.59. The van der Waals surface area contributed by atoms with Gasteiger partial charge in [0.1, 0.15) is 5.82 Å². The van der Waals surface area contributed by atoms with E-state index in [1.807, 2.05) is 19.1 Å². The molecule has 8 nitrogen and oxygen atoms in total. The quantitative estimate of drug-likeness (QED) is 0.618. The van der Waals surface area contributed by atoms with Gasteiger partial charge in [0.05, 0.1) is 18.3 Å². The van der Waals surface area contributed by atoms with Gasteiger partial charge in [-0.1, -0.05) is 35.9 Å². The number of benzene rings is 2. The molecule has 9 heteroatoms. The monoisotopic (exact) mass is 452 g/mol. The second-order valence-corrected chi connectivity index (χ2v) is 8.20. The Morgan fingerprint density at radius 1 is 1.18 bits per heavy atom. The number of halogens is 1. The van der Waals surface area contributed by atoms with Gasteiger partial charge in [-0.05, 0) is 43.9 Å². The van der Waals surface area contributed by atoms with Crippen molar-refractivity contribution >= 4 is 5.91 Å². The van der Waals surface area contributed by atoms with Gasteiger partial charge < -0.3 is 10.1 Å². The lowest BCUT2D eigenvalue weighted by Gasteiger charge is -2.14. The van der Waals surface area contributed by atoms with E-state index < -0.39 is 28.7 Å². The summed E-state index contributed by atoms with van der Waals surface area (Å²) in [5.74, 6) is -1.24. The van der Waals surface area contributed by atoms with Gasteiger partial charge in [-0.2, -0.15) is 9.78 Å². The molecule has 172 valence electrons. The number of hydrogen-bond donors (Lipinski definition) is 1. The lowest BCUT2D eigenvalue weighted by atomic mass is 10.1. The number of ether oxygens (including phenoxy) is 1. The van der Waals surface area contributed by atoms with Crippen molar-refractivity contribution in [2.45, 2.75) is 39.3 Å². The van der Waals surface area contributed by atoms with Crippen LogP contribution in [-0.4, -0.2) is 39.5 Å². The second kappa shape index (κ2) is 9.50. The predicted octanol–water partition coefficient (Wildman–Crippen LogP) is 2.11. The summed E-state index contributed by atoms with van der Waals surface area (Å²) in [6.45, 7) is 4.33. The van der Waals surface area contributed by atoms with Crippen LogP contribution in [0.4, 0.5) is 4.39 Å². The third kappa shape index (κ3) is 4.93. The average molecular weight is 452 g/mol. The molecule has 4 rings (SSSR count). The fourth-order valence-corrected chi connectivity index (χ4v) is 3.65. The normalized spacial score (nSPS) is 15.5. The molecule has 2 aromatic carbocycles. The molecule has 1 atom stereocenters. The Morgan fingerprint density at radius 3 is 2.61 bits per heavy atom. The number of carbonyl (C=O) groups excluding carboxylic acids is 1. The molecule has 0 bridgehead atoms. The molecule has 2 heterocycles. The van der Waals surface area contributed by atoms with Gasteiger partial charge in [-0.15, -0.1) is 0 Å². The van der Waals surface area contributed by atoms with Gasteiger partial charge >= 0.3 is 5.69 Å². The molecule has 1 saturated heterocycles. The Bertz CT molecular complexity index is 1290. The first kappa shape index (κ1) is 22.6. The molecule has 3 aromatic rings. The van der Waals surface area contributed by atoms with Crippen molar-refractivity contribution in [1.29, 1.82) is 0 Å². The zero-order valence-corrected chi connectivity index (χ0v) is 18.5. The van der Waals surface area contributed by atoms with Gasteiger partial charge in [0, 0.05) is 19.2 Å². The summed E-state index contributed by atoms with van der Waals surface area (Å²) in [7, 11) is 0. The van der Waals surface area contributed by atoms with Crippen LogP contribution >= 0.6 is 0 Å². The number of hydrogen-bond acceptors (Lipinski definition) is 5. The van der Waals surface area contributed by atoms with Crippen LogP contribution in [-0.2, 0) is 11.3 Å². The molecular formula is C24H25FN4O4. The van der Waals surface area contributed by atoms with E-state index in [0.29, 0.717) is 17.7 Å². The van der Waals surface area contributed by atoms with Crippen LogP contribution in [0.1, 0.15) is 40.0 Å². The van der Waals surface area contributed by atoms with Crippen LogP contribution in [0.5, 0.6) is 0 Å². The smallest absolute Gasteiger partial charge is 0.352 e. The summed E-state index contributed by atoms with van der Waals surface area (Å²) < 4.78 is 21.5. The minimum absolute atomic E-state index is 0.0547. The van der Waals surface area contributed by atoms with Crippen LogP contribution in [0.2, 0.25) is 0 Å². The summed E-state index contributed by atoms with van der Waals surface area (Å²) in [4.78, 5) is 39.2. The number of nitrogens with one attached hydrogen (secondary N) is 1. The van der Waals surface area contributed by atoms with Gasteiger partial charge in [0.2, 0.25) is 5.69 Å². The molecule has 0 radical (unpaired) electrons. The van der Waals surface area contributed by atoms with E-state index in [1.165, 1.54) is 12.1 Å². The molecule has 1 aliphatic heterocycles. The number of amides is 1. The SMILES string of the molecule is Cc1ccc(Cn2c(=O)c(C(=O)NC[C@@H]3CCCO3)nn(-c3ccc(C)c(F)c3)c2=O)cc1. The Kier molecular flexibility index (Phi) is 6.50. The number of aryl methyl sites for hydroxylation is 2. The molecule has 1 N–H and O–H groups in total. The Balaban J connectivity index is 1.78. The van der Waals surface area contributed by atoms with E-state index in [4.69, 9.17) is 4.74 Å². The number of nitrogens with zero attached hydrogens (tertiary/aromatic N) is 3. The fourth-order valence-electron chi connectivity index (χ4n) is 3.65. The second-order valence-electron chi connectivity index (χ2n) is 8.20. The highest BCUT2D eigenvalue weighted by Gasteiger charge is 2.23. The number of carbonyl (C=O) groups is 1. The van der Waals surface area contributed by atoms with Crippen molar-refractivity contribution in [2.24, 2.45) is 0 Å². The van der Waals surface area contributed by atoms with Crippen LogP contribution in [0, 0.1) is 19.7 Å². The Morgan fingerprint density at radius 2 is 1.94 bits per heavy atom. The maximum atomic E-state index is 14.2. The van der Waals surface area contributed by atoms with Crippen LogP contribution in [0.15, 0.2) is 52.1 Å². The molecular weight excluding hydrogens is 427 g/mol. The molecule has 0 spiro atoms. The summed E-state index contributed by atoms with van der Waals surface area (Å²) >= 11 is 0. The van der Waals surface area contributed by atoms with Crippen molar-refractivity contribution < 1.29 is 13.9 Å². The van der Waals surface area contributed by atoms with Crippen LogP contribution < -0.4 is 16.6 Å². The van der Waals surface area contributed by atoms with Crippen molar-refractivity contribution in [3.05, 3.63) is 91.5 Å². The standard InChI is InChI=1S/C24H25FN4O4/c1-15-5-8-17(9-6-15)14-28-23(31)21(22(30)26-13-19-4-3-11-33-19)27-29(24(28)32)18-10-7-16(2)20(25)12-18/h5-10,12,19H,3-4,11,13-14H2,1-2H3,(H,26,30)/t19-/m0/s1. The average Bonchev–Trinajstić information content (AvgIpc) is 3.32. The maximum absolute atomic E-state index is 14.2. The van der Waals surface area contributed by atoms with Crippen molar-refractivity contribution in [3.63, 3.8) is 0 Å². The van der Waals surface area contributed by atoms with Crippen molar-refractivity contribution in [3.8, 4) is 5.69 Å². The highest BCUT2D eigenvalue weighted by Crippen LogP contribution is 2.12. The summed E-state index contributed by atoms with van der Waals surface area (Å²) in [6, 6.07) is 11.5. The van der Waals surface area contributed by atoms with Gasteiger partial charge in [0.15, 0.2) is 0 Å². The molecule has 1 amide bonds. The van der Waals surface area contributed by atoms with Crippen LogP contribution in [0.25, 0.3) is 5.69 Å². The molecule has 0 saturated carbocycles. The minimum atomic E-state index is -0.811. The fraction of sp³-hybridized carbons (Fsp3) is 0.333. The molecule has 1 aliphatic rings. The molecule has 0 aliphatic carbocycles. The van der Waals surface area contributed by atoms with Gasteiger partial charge in [0.25, 0.3) is 11.5 Å². The zero-order valence-electron chi connectivity index (χ0n) is 18.5. The maximum Gasteiger partial charge on any atom is 0.352 e. The number of aromatic nitrogens is 3. The third-order valence-corrected chi connectivity index (χ3v) is 5.65. The third-order valence-electron chi connectivity index (χ3n) is 5.65. The molecule has 0 unspecified atom stereocenters. The van der Waals surface area contributed by atoms with E-state index in [1.54, 1.807) is 19.1 Å². The van der Waals surface area contributed by atoms with Gasteiger partial charge in [-0.3, -0.25) is 14.2 Å². The van der Waals surface area contributed by atoms with E-state index in [-0.39, 0.29) is 24.9 Å². The summed E-state index contributed by atoms with van der Waals surface area (Å²) in [5, 5.41) is 6.70. The summed E-state index contributed by atoms with van der Waals surface area (Å²) in [6.07, 6.45) is 1.60. The molecule has 33 heavy (non-hydrogen) atoms. The van der Waals surface area contributed by atoms with Crippen LogP contribution in [0.3, 0.4) is 0 Å².